The van der Waals surface area contributed by atoms with E-state index in [1.807, 2.05) is 30.3 Å². The van der Waals surface area contributed by atoms with Crippen molar-refractivity contribution < 1.29 is 0 Å². The second-order valence-corrected chi connectivity index (χ2v) is 11.1. The van der Waals surface area contributed by atoms with E-state index in [1.54, 1.807) is 19.1 Å². The van der Waals surface area contributed by atoms with Crippen molar-refractivity contribution in [3.05, 3.63) is 156 Å². The normalized spacial score (nSPS) is 12.2. The first kappa shape index (κ1) is 29.6. The fourth-order valence-corrected chi connectivity index (χ4v) is 6.03. The number of nitrogens with two attached hydrogens (primary N) is 1. The number of nitrogens with zero attached hydrogens (tertiary/aromatic N) is 2. The van der Waals surface area contributed by atoms with E-state index in [-0.39, 0.29) is 0 Å². The summed E-state index contributed by atoms with van der Waals surface area (Å²) in [7, 11) is 0. The molecule has 0 spiro atoms. The van der Waals surface area contributed by atoms with Crippen molar-refractivity contribution >= 4 is 49.7 Å². The molecule has 46 heavy (non-hydrogen) atoms. The summed E-state index contributed by atoms with van der Waals surface area (Å²) in [6, 6.07) is 42.2. The Labute approximate surface area is 268 Å². The van der Waals surface area contributed by atoms with E-state index in [1.165, 1.54) is 34.0 Å². The van der Waals surface area contributed by atoms with Gasteiger partial charge in [-0.25, -0.2) is 0 Å². The molecule has 6 rings (SSSR count). The van der Waals surface area contributed by atoms with Gasteiger partial charge in [0, 0.05) is 29.1 Å². The Morgan fingerprint density at radius 2 is 1.09 bits per heavy atom. The minimum atomic E-state index is 0.310. The van der Waals surface area contributed by atoms with Crippen LogP contribution in [0.5, 0.6) is 0 Å². The molecule has 0 aliphatic carbocycles. The van der Waals surface area contributed by atoms with Crippen molar-refractivity contribution in [1.29, 1.82) is 15.9 Å². The molecule has 0 saturated carbocycles. The fraction of sp³-hybridized carbons (Fsp3) is 0.0238. The summed E-state index contributed by atoms with van der Waals surface area (Å²) < 4.78 is 0. The number of benzene rings is 6. The van der Waals surface area contributed by atoms with Crippen molar-refractivity contribution in [1.82, 2.24) is 0 Å². The van der Waals surface area contributed by atoms with Gasteiger partial charge in [-0.15, -0.1) is 0 Å². The minimum absolute atomic E-state index is 0.310. The van der Waals surface area contributed by atoms with Gasteiger partial charge in [0.2, 0.25) is 0 Å². The highest BCUT2D eigenvalue weighted by Crippen LogP contribution is 2.42. The number of nitriles is 2. The molecule has 0 amide bonds. The van der Waals surface area contributed by atoms with Crippen LogP contribution in [0.3, 0.4) is 0 Å². The Balaban J connectivity index is 1.53. The van der Waals surface area contributed by atoms with E-state index in [9.17, 15) is 5.26 Å². The van der Waals surface area contributed by atoms with E-state index in [0.717, 1.165) is 49.7 Å². The number of hydrogen-bond donors (Lipinski definition) is 2. The smallest absolute Gasteiger partial charge is 0.0985 e. The van der Waals surface area contributed by atoms with Gasteiger partial charge in [0.1, 0.15) is 0 Å². The van der Waals surface area contributed by atoms with Gasteiger partial charge in [0.05, 0.1) is 12.1 Å². The van der Waals surface area contributed by atoms with Crippen molar-refractivity contribution in [2.45, 2.75) is 6.92 Å². The van der Waals surface area contributed by atoms with E-state index in [2.05, 4.69) is 97.6 Å². The van der Waals surface area contributed by atoms with Crippen LogP contribution in [-0.2, 0) is 0 Å². The highest BCUT2D eigenvalue weighted by Gasteiger charge is 2.15. The zero-order valence-corrected chi connectivity index (χ0v) is 25.4. The molecule has 3 N–H and O–H groups in total. The molecule has 0 saturated heterocycles. The van der Waals surface area contributed by atoms with Crippen molar-refractivity contribution in [2.24, 2.45) is 5.73 Å². The molecule has 0 heterocycles. The third-order valence-corrected chi connectivity index (χ3v) is 8.30. The summed E-state index contributed by atoms with van der Waals surface area (Å²) in [5.41, 5.74) is 14.5. The molecule has 0 fully saturated rings. The quantitative estimate of drug-likeness (QED) is 0.0837. The largest absolute Gasteiger partial charge is 0.404 e. The van der Waals surface area contributed by atoms with Crippen LogP contribution in [0.2, 0.25) is 0 Å². The van der Waals surface area contributed by atoms with Crippen LogP contribution in [0.4, 0.5) is 0 Å². The lowest BCUT2D eigenvalue weighted by atomic mass is 9.87. The van der Waals surface area contributed by atoms with Crippen molar-refractivity contribution in [2.75, 3.05) is 0 Å². The van der Waals surface area contributed by atoms with Gasteiger partial charge in [-0.3, -0.25) is 0 Å². The average Bonchev–Trinajstić information content (AvgIpc) is 3.12. The Morgan fingerprint density at radius 1 is 0.630 bits per heavy atom. The Hall–Kier alpha value is -6.49. The van der Waals surface area contributed by atoms with Gasteiger partial charge >= 0.3 is 0 Å². The van der Waals surface area contributed by atoms with Crippen molar-refractivity contribution in [3.63, 3.8) is 0 Å². The van der Waals surface area contributed by atoms with Gasteiger partial charge in [-0.1, -0.05) is 104 Å². The van der Waals surface area contributed by atoms with E-state index >= 15 is 0 Å². The van der Waals surface area contributed by atoms with Crippen LogP contribution in [-0.4, -0.2) is 6.21 Å². The molecule has 218 valence electrons. The molecule has 4 nitrogen and oxygen atoms in total. The van der Waals surface area contributed by atoms with Crippen LogP contribution >= 0.6 is 0 Å². The van der Waals surface area contributed by atoms with E-state index in [0.29, 0.717) is 16.7 Å². The summed E-state index contributed by atoms with van der Waals surface area (Å²) in [5.74, 6) is 0. The van der Waals surface area contributed by atoms with Crippen LogP contribution < -0.4 is 5.73 Å². The summed E-state index contributed by atoms with van der Waals surface area (Å²) in [4.78, 5) is 0. The third kappa shape index (κ3) is 5.48. The van der Waals surface area contributed by atoms with Gasteiger partial charge in [0.25, 0.3) is 0 Å². The molecule has 0 aliphatic rings. The van der Waals surface area contributed by atoms with Gasteiger partial charge in [-0.2, -0.15) is 10.5 Å². The maximum atomic E-state index is 9.23. The molecule has 0 atom stereocenters. The zero-order chi connectivity index (χ0) is 32.2. The number of fused-ring (bicyclic) bond motifs is 5. The molecule has 6 aromatic carbocycles. The lowest BCUT2D eigenvalue weighted by molar-refractivity contribution is 1.44. The first-order valence-corrected chi connectivity index (χ1v) is 14.9. The Morgan fingerprint density at radius 3 is 1.50 bits per heavy atom. The standard InChI is InChI=1S/C42H30N4/c1-27(23-43)19-33(25-45)29-11-15-31(16-12-29)39-21-41-38-10-6-4-8-36(38)40(22-42(41)37-9-5-3-7-35(37)39)32-17-13-30(14-18-32)34(26-46)20-28(2)24-44/h3-22,25-26,45H,1,46H2,2H3/b28-20+,33-19+,34-26+,45-25?. The number of hydrogen-bond acceptors (Lipinski definition) is 4. The second kappa shape index (κ2) is 12.6. The highest BCUT2D eigenvalue weighted by atomic mass is 14.5. The van der Waals surface area contributed by atoms with Crippen LogP contribution in [0.15, 0.2) is 145 Å². The molecule has 0 unspecified atom stereocenters. The van der Waals surface area contributed by atoms with Gasteiger partial charge < -0.3 is 11.1 Å². The fourth-order valence-electron chi connectivity index (χ4n) is 6.03. The summed E-state index contributed by atoms with van der Waals surface area (Å²) in [6.45, 7) is 5.50. The number of allylic oxidation sites excluding steroid dienone is 6. The monoisotopic (exact) mass is 590 g/mol. The van der Waals surface area contributed by atoms with Crippen LogP contribution in [0.25, 0.3) is 65.7 Å². The lowest BCUT2D eigenvalue weighted by Crippen LogP contribution is -1.91. The second-order valence-electron chi connectivity index (χ2n) is 11.1. The summed E-state index contributed by atoms with van der Waals surface area (Å²) >= 11 is 0. The van der Waals surface area contributed by atoms with Gasteiger partial charge in [-0.05, 0) is 102 Å². The maximum absolute atomic E-state index is 9.23. The first-order valence-electron chi connectivity index (χ1n) is 14.9. The third-order valence-electron chi connectivity index (χ3n) is 8.30. The molecule has 0 bridgehead atoms. The average molecular weight is 591 g/mol. The molecule has 0 radical (unpaired) electrons. The Kier molecular flexibility index (Phi) is 8.12. The minimum Gasteiger partial charge on any atom is -0.404 e. The molecule has 0 aromatic heterocycles. The lowest BCUT2D eigenvalue weighted by Gasteiger charge is -2.16. The summed E-state index contributed by atoms with van der Waals surface area (Å²) in [6.07, 6.45) is 6.22. The maximum Gasteiger partial charge on any atom is 0.0985 e. The summed E-state index contributed by atoms with van der Waals surface area (Å²) in [5, 5.41) is 33.2. The van der Waals surface area contributed by atoms with Crippen LogP contribution in [0.1, 0.15) is 18.1 Å². The molecular formula is C42H30N4. The number of rotatable bonds is 7. The SMILES string of the molecule is C=C(C#N)/C=C(\C=N)c1ccc(-c2cc3c4ccccc4c(-c4ccc(C(/C=C(\C)C#N)=C/N)cc4)cc3c3ccccc23)cc1. The van der Waals surface area contributed by atoms with Gasteiger partial charge in [0.15, 0.2) is 0 Å². The Bertz CT molecular complexity index is 2360. The predicted octanol–water partition coefficient (Wildman–Crippen LogP) is 10.4. The first-order chi connectivity index (χ1) is 22.4. The predicted molar refractivity (Wildman–Crippen MR) is 193 cm³/mol. The molecule has 4 heteroatoms. The highest BCUT2D eigenvalue weighted by molar-refractivity contribution is 6.24. The topological polar surface area (TPSA) is 97.5 Å². The van der Waals surface area contributed by atoms with Crippen LogP contribution in [0, 0.1) is 28.1 Å². The molecule has 6 aromatic rings. The molecule has 0 aliphatic heterocycles. The molecular weight excluding hydrogens is 560 g/mol. The van der Waals surface area contributed by atoms with E-state index < -0.39 is 0 Å². The number of nitrogens with one attached hydrogen (secondary N) is 1. The zero-order valence-electron chi connectivity index (χ0n) is 25.4. The van der Waals surface area contributed by atoms with E-state index in [4.69, 9.17) is 16.4 Å². The van der Waals surface area contributed by atoms with Crippen molar-refractivity contribution in [3.8, 4) is 34.4 Å².